The van der Waals surface area contributed by atoms with Crippen LogP contribution in [0, 0.1) is 0 Å². The Bertz CT molecular complexity index is 314. The molecule has 0 amide bonds. The van der Waals surface area contributed by atoms with Gasteiger partial charge in [-0.3, -0.25) is 0 Å². The molecule has 0 saturated carbocycles. The molecular weight excluding hydrogens is 284 g/mol. The van der Waals surface area contributed by atoms with E-state index < -0.39 is 0 Å². The van der Waals surface area contributed by atoms with Crippen molar-refractivity contribution in [1.29, 1.82) is 0 Å². The molecule has 0 aliphatic rings. The van der Waals surface area contributed by atoms with Crippen molar-refractivity contribution in [2.24, 2.45) is 0 Å². The number of methoxy groups -OCH3 is 1. The van der Waals surface area contributed by atoms with E-state index in [9.17, 15) is 0 Å². The van der Waals surface area contributed by atoms with E-state index in [0.717, 1.165) is 19.3 Å². The molecule has 2 heteroatoms. The standard InChI is InChI=1S/C21H40O2/c1-6-7-8-9-10-11-12-16-21(22-5)23-18-17-20(4)15-13-14-19(2)3/h14,17,21H,6-13,15-16,18H2,1-5H3. The fourth-order valence-electron chi connectivity index (χ4n) is 2.53. The molecule has 0 radical (unpaired) electrons. The minimum Gasteiger partial charge on any atom is -0.356 e. The van der Waals surface area contributed by atoms with Crippen LogP contribution in [0.1, 0.15) is 91.9 Å². The molecule has 1 unspecified atom stereocenters. The summed E-state index contributed by atoms with van der Waals surface area (Å²) >= 11 is 0. The van der Waals surface area contributed by atoms with E-state index in [4.69, 9.17) is 9.47 Å². The van der Waals surface area contributed by atoms with Crippen LogP contribution >= 0.6 is 0 Å². The van der Waals surface area contributed by atoms with Crippen molar-refractivity contribution in [3.63, 3.8) is 0 Å². The topological polar surface area (TPSA) is 18.5 Å². The highest BCUT2D eigenvalue weighted by Crippen LogP contribution is 2.12. The Hall–Kier alpha value is -0.600. The maximum absolute atomic E-state index is 5.82. The van der Waals surface area contributed by atoms with E-state index in [0.29, 0.717) is 6.61 Å². The summed E-state index contributed by atoms with van der Waals surface area (Å²) in [7, 11) is 1.75. The predicted molar refractivity (Wildman–Crippen MR) is 102 cm³/mol. The lowest BCUT2D eigenvalue weighted by Gasteiger charge is -2.15. The maximum atomic E-state index is 5.82. The number of rotatable bonds is 15. The lowest BCUT2D eigenvalue weighted by Crippen LogP contribution is -2.15. The molecule has 0 spiro atoms. The van der Waals surface area contributed by atoms with Gasteiger partial charge in [-0.15, -0.1) is 0 Å². The zero-order valence-electron chi connectivity index (χ0n) is 16.3. The Morgan fingerprint density at radius 3 is 2.17 bits per heavy atom. The van der Waals surface area contributed by atoms with Crippen LogP contribution in [0.15, 0.2) is 23.3 Å². The van der Waals surface area contributed by atoms with Crippen molar-refractivity contribution < 1.29 is 9.47 Å². The Kier molecular flexibility index (Phi) is 15.8. The van der Waals surface area contributed by atoms with Gasteiger partial charge < -0.3 is 9.47 Å². The molecule has 0 aliphatic carbocycles. The van der Waals surface area contributed by atoms with Crippen molar-refractivity contribution in [2.45, 2.75) is 98.2 Å². The molecule has 2 nitrogen and oxygen atoms in total. The van der Waals surface area contributed by atoms with Crippen molar-refractivity contribution in [2.75, 3.05) is 13.7 Å². The Labute approximate surface area is 145 Å². The van der Waals surface area contributed by atoms with Gasteiger partial charge >= 0.3 is 0 Å². The third kappa shape index (κ3) is 16.1. The van der Waals surface area contributed by atoms with Crippen LogP contribution < -0.4 is 0 Å². The minimum atomic E-state index is -0.0486. The molecule has 0 aromatic rings. The highest BCUT2D eigenvalue weighted by molar-refractivity contribution is 5.02. The highest BCUT2D eigenvalue weighted by Gasteiger charge is 2.06. The molecule has 0 fully saturated rings. The van der Waals surface area contributed by atoms with Crippen molar-refractivity contribution >= 4 is 0 Å². The number of hydrogen-bond donors (Lipinski definition) is 0. The van der Waals surface area contributed by atoms with Gasteiger partial charge in [-0.2, -0.15) is 0 Å². The van der Waals surface area contributed by atoms with Crippen LogP contribution in [0.5, 0.6) is 0 Å². The molecule has 0 saturated heterocycles. The first kappa shape index (κ1) is 22.4. The number of ether oxygens (including phenoxy) is 2. The summed E-state index contributed by atoms with van der Waals surface area (Å²) in [6.45, 7) is 9.40. The molecular formula is C21H40O2. The van der Waals surface area contributed by atoms with E-state index >= 15 is 0 Å². The highest BCUT2D eigenvalue weighted by atomic mass is 16.7. The van der Waals surface area contributed by atoms with E-state index in [1.807, 2.05) is 0 Å². The lowest BCUT2D eigenvalue weighted by atomic mass is 10.1. The van der Waals surface area contributed by atoms with Crippen LogP contribution in [-0.4, -0.2) is 20.0 Å². The zero-order valence-corrected chi connectivity index (χ0v) is 16.3. The predicted octanol–water partition coefficient (Wildman–Crippen LogP) is 6.81. The second-order valence-corrected chi connectivity index (χ2v) is 6.78. The molecule has 0 heterocycles. The Morgan fingerprint density at radius 2 is 1.57 bits per heavy atom. The van der Waals surface area contributed by atoms with E-state index in [1.54, 1.807) is 7.11 Å². The summed E-state index contributed by atoms with van der Waals surface area (Å²) in [4.78, 5) is 0. The van der Waals surface area contributed by atoms with Gasteiger partial charge in [-0.1, -0.05) is 68.7 Å². The summed E-state index contributed by atoms with van der Waals surface area (Å²) in [6.07, 6.45) is 17.0. The van der Waals surface area contributed by atoms with Crippen LogP contribution in [0.25, 0.3) is 0 Å². The van der Waals surface area contributed by atoms with Gasteiger partial charge in [0.1, 0.15) is 0 Å². The smallest absolute Gasteiger partial charge is 0.157 e. The molecule has 1 atom stereocenters. The van der Waals surface area contributed by atoms with Gasteiger partial charge in [-0.05, 0) is 46.5 Å². The molecule has 23 heavy (non-hydrogen) atoms. The molecule has 0 aromatic carbocycles. The van der Waals surface area contributed by atoms with Gasteiger partial charge in [0.15, 0.2) is 6.29 Å². The van der Waals surface area contributed by atoms with Gasteiger partial charge in [0.2, 0.25) is 0 Å². The summed E-state index contributed by atoms with van der Waals surface area (Å²) in [6, 6.07) is 0. The molecule has 136 valence electrons. The molecule has 0 rings (SSSR count). The maximum Gasteiger partial charge on any atom is 0.157 e. The fraction of sp³-hybridized carbons (Fsp3) is 0.810. The first-order valence-corrected chi connectivity index (χ1v) is 9.53. The van der Waals surface area contributed by atoms with Crippen LogP contribution in [-0.2, 0) is 9.47 Å². The van der Waals surface area contributed by atoms with Crippen molar-refractivity contribution in [3.05, 3.63) is 23.3 Å². The molecule has 0 aromatic heterocycles. The fourth-order valence-corrected chi connectivity index (χ4v) is 2.53. The average Bonchev–Trinajstić information content (AvgIpc) is 2.51. The number of hydrogen-bond acceptors (Lipinski definition) is 2. The average molecular weight is 325 g/mol. The lowest BCUT2D eigenvalue weighted by molar-refractivity contribution is -0.119. The first-order chi connectivity index (χ1) is 11.1. The molecule has 0 N–H and O–H groups in total. The van der Waals surface area contributed by atoms with Gasteiger partial charge in [0.25, 0.3) is 0 Å². The second kappa shape index (κ2) is 16.3. The van der Waals surface area contributed by atoms with Crippen molar-refractivity contribution in [1.82, 2.24) is 0 Å². The third-order valence-electron chi connectivity index (χ3n) is 4.11. The molecule has 0 bridgehead atoms. The van der Waals surface area contributed by atoms with Gasteiger partial charge in [0, 0.05) is 7.11 Å². The number of allylic oxidation sites excluding steroid dienone is 3. The summed E-state index contributed by atoms with van der Waals surface area (Å²) in [5.74, 6) is 0. The monoisotopic (exact) mass is 324 g/mol. The van der Waals surface area contributed by atoms with E-state index in [1.165, 1.54) is 56.1 Å². The summed E-state index contributed by atoms with van der Waals surface area (Å²) in [5.41, 5.74) is 2.79. The van der Waals surface area contributed by atoms with E-state index in [-0.39, 0.29) is 6.29 Å². The molecule has 0 aliphatic heterocycles. The SMILES string of the molecule is CCCCCCCCCC(OC)OCC=C(C)CCC=C(C)C. The zero-order chi connectivity index (χ0) is 17.3. The Morgan fingerprint density at radius 1 is 0.913 bits per heavy atom. The summed E-state index contributed by atoms with van der Waals surface area (Å²) in [5, 5.41) is 0. The van der Waals surface area contributed by atoms with Crippen molar-refractivity contribution in [3.8, 4) is 0 Å². The largest absolute Gasteiger partial charge is 0.356 e. The Balaban J connectivity index is 3.69. The van der Waals surface area contributed by atoms with Crippen LogP contribution in [0.2, 0.25) is 0 Å². The van der Waals surface area contributed by atoms with Crippen LogP contribution in [0.4, 0.5) is 0 Å². The normalized spacial score (nSPS) is 13.2. The van der Waals surface area contributed by atoms with Gasteiger partial charge in [0.05, 0.1) is 6.61 Å². The minimum absolute atomic E-state index is 0.0486. The van der Waals surface area contributed by atoms with E-state index in [2.05, 4.69) is 39.8 Å². The third-order valence-corrected chi connectivity index (χ3v) is 4.11. The first-order valence-electron chi connectivity index (χ1n) is 9.53. The van der Waals surface area contributed by atoms with Crippen LogP contribution in [0.3, 0.4) is 0 Å². The van der Waals surface area contributed by atoms with Gasteiger partial charge in [-0.25, -0.2) is 0 Å². The number of unbranched alkanes of at least 4 members (excludes halogenated alkanes) is 6. The quantitative estimate of drug-likeness (QED) is 0.187. The second-order valence-electron chi connectivity index (χ2n) is 6.78. The summed E-state index contributed by atoms with van der Waals surface area (Å²) < 4.78 is 11.2.